The van der Waals surface area contributed by atoms with Crippen LogP contribution in [0.4, 0.5) is 9.18 Å². The molecule has 0 aliphatic carbocycles. The van der Waals surface area contributed by atoms with Crippen LogP contribution in [-0.2, 0) is 11.2 Å². The first-order valence-corrected chi connectivity index (χ1v) is 6.64. The Morgan fingerprint density at radius 1 is 1.61 bits per heavy atom. The summed E-state index contributed by atoms with van der Waals surface area (Å²) in [4.78, 5) is 10.5. The molecule has 0 heterocycles. The molecule has 1 aromatic carbocycles. The van der Waals surface area contributed by atoms with Crippen LogP contribution in [-0.4, -0.2) is 19.3 Å². The van der Waals surface area contributed by atoms with Gasteiger partial charge in [0.05, 0.1) is 21.8 Å². The van der Waals surface area contributed by atoms with E-state index in [-0.39, 0.29) is 11.6 Å². The first-order valence-electron chi connectivity index (χ1n) is 5.18. The first-order chi connectivity index (χ1) is 8.47. The maximum absolute atomic E-state index is 13.6. The Kier molecular flexibility index (Phi) is 5.94. The predicted molar refractivity (Wildman–Crippen MR) is 74.5 cm³/mol. The summed E-state index contributed by atoms with van der Waals surface area (Å²) in [6.07, 6.45) is -0.496. The van der Waals surface area contributed by atoms with Gasteiger partial charge in [0.1, 0.15) is 5.75 Å². The average Bonchev–Trinajstić information content (AvgIpc) is 2.31. The molecule has 0 unspecified atom stereocenters. The minimum absolute atomic E-state index is 0.0110. The Balaban J connectivity index is 2.97. The van der Waals surface area contributed by atoms with Crippen LogP contribution in [0.5, 0.6) is 5.75 Å². The smallest absolute Gasteiger partial charge is 0.404 e. The fourth-order valence-electron chi connectivity index (χ4n) is 1.38. The van der Waals surface area contributed by atoms with Gasteiger partial charge in [0.25, 0.3) is 0 Å². The van der Waals surface area contributed by atoms with Gasteiger partial charge in [-0.05, 0) is 35.6 Å². The standard InChI is InChI=1S/C11H12ClFINO3/c1-2-17-10-6(3-4-18-11(15)16)5-7(12)8(13)9(10)14/h5H,2-4H2,1H3,(H2,15,16). The van der Waals surface area contributed by atoms with E-state index in [0.717, 1.165) is 0 Å². The summed E-state index contributed by atoms with van der Waals surface area (Å²) in [6, 6.07) is 1.47. The van der Waals surface area contributed by atoms with E-state index in [1.54, 1.807) is 6.92 Å². The van der Waals surface area contributed by atoms with E-state index in [1.165, 1.54) is 6.07 Å². The number of benzene rings is 1. The highest BCUT2D eigenvalue weighted by molar-refractivity contribution is 14.1. The molecule has 4 nitrogen and oxygen atoms in total. The Bertz CT molecular complexity index is 456. The molecule has 18 heavy (non-hydrogen) atoms. The predicted octanol–water partition coefficient (Wildman–Crippen LogP) is 3.12. The van der Waals surface area contributed by atoms with E-state index in [0.29, 0.717) is 27.9 Å². The zero-order valence-corrected chi connectivity index (χ0v) is 12.5. The van der Waals surface area contributed by atoms with E-state index in [1.807, 2.05) is 22.6 Å². The second kappa shape index (κ2) is 6.98. The van der Waals surface area contributed by atoms with E-state index in [4.69, 9.17) is 22.1 Å². The van der Waals surface area contributed by atoms with E-state index in [9.17, 15) is 9.18 Å². The van der Waals surface area contributed by atoms with Gasteiger partial charge in [0, 0.05) is 12.0 Å². The van der Waals surface area contributed by atoms with E-state index in [2.05, 4.69) is 4.74 Å². The van der Waals surface area contributed by atoms with Crippen molar-refractivity contribution in [1.29, 1.82) is 0 Å². The third-order valence-electron chi connectivity index (χ3n) is 2.10. The lowest BCUT2D eigenvalue weighted by molar-refractivity contribution is 0.157. The number of hydrogen-bond acceptors (Lipinski definition) is 3. The number of halogens is 3. The lowest BCUT2D eigenvalue weighted by Gasteiger charge is -2.13. The SMILES string of the molecule is CCOc1c(CCOC(N)=O)cc(Cl)c(F)c1I. The monoisotopic (exact) mass is 387 g/mol. The van der Waals surface area contributed by atoms with Gasteiger partial charge in [-0.3, -0.25) is 0 Å². The molecule has 0 fully saturated rings. The molecule has 100 valence electrons. The van der Waals surface area contributed by atoms with Crippen molar-refractivity contribution in [2.45, 2.75) is 13.3 Å². The number of hydrogen-bond donors (Lipinski definition) is 1. The number of carbonyl (C=O) groups is 1. The van der Waals surface area contributed by atoms with Crippen LogP contribution in [0.3, 0.4) is 0 Å². The maximum Gasteiger partial charge on any atom is 0.404 e. The number of carbonyl (C=O) groups excluding carboxylic acids is 1. The van der Waals surface area contributed by atoms with Crippen LogP contribution in [0.2, 0.25) is 5.02 Å². The summed E-state index contributed by atoms with van der Waals surface area (Å²) in [6.45, 7) is 2.29. The molecule has 0 radical (unpaired) electrons. The van der Waals surface area contributed by atoms with Crippen molar-refractivity contribution in [2.24, 2.45) is 5.73 Å². The van der Waals surface area contributed by atoms with Crippen LogP contribution in [0.1, 0.15) is 12.5 Å². The third-order valence-corrected chi connectivity index (χ3v) is 3.34. The Morgan fingerprint density at radius 2 is 2.28 bits per heavy atom. The molecular weight excluding hydrogens is 375 g/mol. The molecule has 7 heteroatoms. The number of primary amides is 1. The molecule has 0 atom stereocenters. The second-order valence-electron chi connectivity index (χ2n) is 3.33. The summed E-state index contributed by atoms with van der Waals surface area (Å²) < 4.78 is 24.0. The molecule has 0 aliphatic heterocycles. The van der Waals surface area contributed by atoms with Crippen molar-refractivity contribution >= 4 is 40.3 Å². The summed E-state index contributed by atoms with van der Waals surface area (Å²) >= 11 is 7.59. The molecule has 0 spiro atoms. The third kappa shape index (κ3) is 3.88. The number of rotatable bonds is 5. The van der Waals surface area contributed by atoms with Crippen molar-refractivity contribution in [1.82, 2.24) is 0 Å². The molecule has 1 amide bonds. The van der Waals surface area contributed by atoms with Crippen LogP contribution in [0, 0.1) is 9.39 Å². The van der Waals surface area contributed by atoms with Gasteiger partial charge < -0.3 is 15.2 Å². The summed E-state index contributed by atoms with van der Waals surface area (Å²) in [5.41, 5.74) is 5.53. The van der Waals surface area contributed by atoms with Crippen LogP contribution in [0.15, 0.2) is 6.07 Å². The largest absolute Gasteiger partial charge is 0.492 e. The lowest BCUT2D eigenvalue weighted by Crippen LogP contribution is -2.15. The van der Waals surface area contributed by atoms with Gasteiger partial charge in [0.2, 0.25) is 0 Å². The van der Waals surface area contributed by atoms with Gasteiger partial charge in [-0.2, -0.15) is 0 Å². The highest BCUT2D eigenvalue weighted by Gasteiger charge is 2.16. The van der Waals surface area contributed by atoms with Gasteiger partial charge in [-0.15, -0.1) is 0 Å². The van der Waals surface area contributed by atoms with Crippen molar-refractivity contribution in [3.8, 4) is 5.75 Å². The van der Waals surface area contributed by atoms with Gasteiger partial charge in [-0.25, -0.2) is 9.18 Å². The minimum Gasteiger partial charge on any atom is -0.492 e. The molecule has 2 N–H and O–H groups in total. The molecule has 1 rings (SSSR count). The van der Waals surface area contributed by atoms with Crippen LogP contribution >= 0.6 is 34.2 Å². The second-order valence-corrected chi connectivity index (χ2v) is 4.81. The van der Waals surface area contributed by atoms with Crippen molar-refractivity contribution < 1.29 is 18.7 Å². The Hall–Kier alpha value is -0.760. The van der Waals surface area contributed by atoms with Crippen molar-refractivity contribution in [3.05, 3.63) is 26.0 Å². The molecule has 0 bridgehead atoms. The zero-order chi connectivity index (χ0) is 13.7. The maximum atomic E-state index is 13.6. The topological polar surface area (TPSA) is 61.6 Å². The Labute approximate surface area is 123 Å². The Morgan fingerprint density at radius 3 is 2.83 bits per heavy atom. The van der Waals surface area contributed by atoms with Gasteiger partial charge in [0.15, 0.2) is 5.82 Å². The molecule has 0 saturated heterocycles. The van der Waals surface area contributed by atoms with Gasteiger partial charge >= 0.3 is 6.09 Å². The molecule has 0 aromatic heterocycles. The fraction of sp³-hybridized carbons (Fsp3) is 0.364. The molecular formula is C11H12ClFINO3. The number of amides is 1. The normalized spacial score (nSPS) is 10.2. The fourth-order valence-corrected chi connectivity index (χ4v) is 2.55. The van der Waals surface area contributed by atoms with E-state index < -0.39 is 11.9 Å². The zero-order valence-electron chi connectivity index (χ0n) is 9.63. The first kappa shape index (κ1) is 15.3. The van der Waals surface area contributed by atoms with Crippen molar-refractivity contribution in [3.63, 3.8) is 0 Å². The average molecular weight is 388 g/mol. The van der Waals surface area contributed by atoms with E-state index >= 15 is 0 Å². The van der Waals surface area contributed by atoms with Crippen LogP contribution < -0.4 is 10.5 Å². The quantitative estimate of drug-likeness (QED) is 0.624. The number of ether oxygens (including phenoxy) is 2. The highest BCUT2D eigenvalue weighted by atomic mass is 127. The number of nitrogens with two attached hydrogens (primary N) is 1. The summed E-state index contributed by atoms with van der Waals surface area (Å²) in [7, 11) is 0. The molecule has 0 saturated carbocycles. The molecule has 0 aliphatic rings. The minimum atomic E-state index is -0.851. The van der Waals surface area contributed by atoms with Crippen molar-refractivity contribution in [2.75, 3.05) is 13.2 Å². The molecule has 1 aromatic rings. The lowest BCUT2D eigenvalue weighted by atomic mass is 10.1. The highest BCUT2D eigenvalue weighted by Crippen LogP contribution is 2.33. The summed E-state index contributed by atoms with van der Waals surface area (Å²) in [5.74, 6) is -0.0895. The van der Waals surface area contributed by atoms with Gasteiger partial charge in [-0.1, -0.05) is 11.6 Å². The summed E-state index contributed by atoms with van der Waals surface area (Å²) in [5, 5.41) is 0.0110. The van der Waals surface area contributed by atoms with Crippen LogP contribution in [0.25, 0.3) is 0 Å².